The van der Waals surface area contributed by atoms with Crippen molar-refractivity contribution in [2.24, 2.45) is 0 Å². The highest BCUT2D eigenvalue weighted by Gasteiger charge is 2.25. The Morgan fingerprint density at radius 3 is 2.59 bits per heavy atom. The van der Waals surface area contributed by atoms with Crippen LogP contribution in [0.3, 0.4) is 0 Å². The van der Waals surface area contributed by atoms with Gasteiger partial charge in [-0.05, 0) is 49.2 Å². The van der Waals surface area contributed by atoms with Crippen LogP contribution in [0.1, 0.15) is 40.1 Å². The van der Waals surface area contributed by atoms with E-state index < -0.39 is 11.9 Å². The zero-order chi connectivity index (χ0) is 15.9. The number of carbonyl (C=O) groups is 2. The number of benzene rings is 1. The molecule has 0 fully saturated rings. The molecule has 0 aliphatic heterocycles. The maximum atomic E-state index is 12.7. The van der Waals surface area contributed by atoms with Crippen molar-refractivity contribution in [3.05, 3.63) is 59.2 Å². The Balaban J connectivity index is 2.28. The average Bonchev–Trinajstić information content (AvgIpc) is 3.16. The Morgan fingerprint density at radius 2 is 1.95 bits per heavy atom. The first-order valence-electron chi connectivity index (χ1n) is 6.82. The van der Waals surface area contributed by atoms with E-state index in [0.29, 0.717) is 27.7 Å². The first-order valence-corrected chi connectivity index (χ1v) is 6.82. The average molecular weight is 298 g/mol. The molecule has 3 rings (SSSR count). The fourth-order valence-electron chi connectivity index (χ4n) is 2.61. The number of aliphatic carboxylic acids is 1. The van der Waals surface area contributed by atoms with Crippen molar-refractivity contribution in [3.63, 3.8) is 0 Å². The van der Waals surface area contributed by atoms with Crippen LogP contribution in [0.2, 0.25) is 0 Å². The van der Waals surface area contributed by atoms with Gasteiger partial charge in [0.15, 0.2) is 5.76 Å². The summed E-state index contributed by atoms with van der Waals surface area (Å²) in [5.74, 6) is -1.78. The van der Waals surface area contributed by atoms with E-state index in [-0.39, 0.29) is 11.5 Å². The zero-order valence-electron chi connectivity index (χ0n) is 12.1. The molecule has 1 unspecified atom stereocenters. The minimum atomic E-state index is -0.942. The molecule has 0 aliphatic rings. The lowest BCUT2D eigenvalue weighted by Gasteiger charge is -2.14. The minimum absolute atomic E-state index is 0.195. The van der Waals surface area contributed by atoms with Crippen LogP contribution >= 0.6 is 0 Å². The predicted octanol–water partition coefficient (Wildman–Crippen LogP) is 3.75. The maximum absolute atomic E-state index is 12.7. The fraction of sp³-hybridized carbons (Fsp3) is 0.176. The summed E-state index contributed by atoms with van der Waals surface area (Å²) in [7, 11) is 0. The number of hydrogen-bond acceptors (Lipinski definition) is 4. The van der Waals surface area contributed by atoms with Crippen molar-refractivity contribution in [2.45, 2.75) is 19.8 Å². The van der Waals surface area contributed by atoms with Gasteiger partial charge in [-0.2, -0.15) is 0 Å². The van der Waals surface area contributed by atoms with E-state index in [1.54, 1.807) is 38.1 Å². The molecule has 112 valence electrons. The molecular formula is C17H14O5. The van der Waals surface area contributed by atoms with Crippen LogP contribution in [0.4, 0.5) is 0 Å². The van der Waals surface area contributed by atoms with Gasteiger partial charge in [0.25, 0.3) is 0 Å². The van der Waals surface area contributed by atoms with Crippen molar-refractivity contribution in [1.82, 2.24) is 0 Å². The predicted molar refractivity (Wildman–Crippen MR) is 79.1 cm³/mol. The van der Waals surface area contributed by atoms with E-state index in [1.807, 2.05) is 0 Å². The van der Waals surface area contributed by atoms with Crippen molar-refractivity contribution in [2.75, 3.05) is 0 Å². The highest BCUT2D eigenvalue weighted by molar-refractivity contribution is 6.15. The Labute approximate surface area is 126 Å². The number of fused-ring (bicyclic) bond motifs is 1. The van der Waals surface area contributed by atoms with Crippen LogP contribution in [0.5, 0.6) is 0 Å². The lowest BCUT2D eigenvalue weighted by Crippen LogP contribution is -2.12. The summed E-state index contributed by atoms with van der Waals surface area (Å²) in [4.78, 5) is 24.0. The van der Waals surface area contributed by atoms with Crippen LogP contribution in [0.25, 0.3) is 11.0 Å². The molecule has 0 bridgehead atoms. The molecule has 22 heavy (non-hydrogen) atoms. The van der Waals surface area contributed by atoms with Crippen molar-refractivity contribution < 1.29 is 23.5 Å². The number of furan rings is 2. The van der Waals surface area contributed by atoms with Gasteiger partial charge in [0, 0.05) is 5.39 Å². The Kier molecular flexibility index (Phi) is 3.33. The summed E-state index contributed by atoms with van der Waals surface area (Å²) < 4.78 is 10.6. The summed E-state index contributed by atoms with van der Waals surface area (Å²) in [6.07, 6.45) is 2.91. The topological polar surface area (TPSA) is 80.6 Å². The Morgan fingerprint density at radius 1 is 1.18 bits per heavy atom. The molecule has 0 amide bonds. The number of carbonyl (C=O) groups excluding carboxylic acids is 1. The Bertz CT molecular complexity index is 855. The molecule has 0 aliphatic carbocycles. The molecule has 0 radical (unpaired) electrons. The monoisotopic (exact) mass is 298 g/mol. The molecule has 1 aromatic carbocycles. The van der Waals surface area contributed by atoms with E-state index in [1.165, 1.54) is 12.5 Å². The van der Waals surface area contributed by atoms with Gasteiger partial charge < -0.3 is 13.9 Å². The van der Waals surface area contributed by atoms with Crippen LogP contribution in [0.15, 0.2) is 45.6 Å². The molecule has 0 saturated carbocycles. The third-order valence-corrected chi connectivity index (χ3v) is 3.85. The third-order valence-electron chi connectivity index (χ3n) is 3.85. The standard InChI is InChI=1S/C17H14O5/c1-9-12(10(2)17(19)20)8-11-5-7-22-16(11)14(9)15(18)13-4-3-6-21-13/h3-8,10H,1-2H3,(H,19,20). The summed E-state index contributed by atoms with van der Waals surface area (Å²) >= 11 is 0. The van der Waals surface area contributed by atoms with Gasteiger partial charge in [-0.3, -0.25) is 9.59 Å². The number of carboxylic acid groups (broad SMARTS) is 1. The van der Waals surface area contributed by atoms with Gasteiger partial charge in [-0.15, -0.1) is 0 Å². The molecule has 5 nitrogen and oxygen atoms in total. The van der Waals surface area contributed by atoms with Crippen molar-refractivity contribution >= 4 is 22.7 Å². The van der Waals surface area contributed by atoms with Gasteiger partial charge in [-0.25, -0.2) is 0 Å². The van der Waals surface area contributed by atoms with E-state index in [4.69, 9.17) is 8.83 Å². The van der Waals surface area contributed by atoms with Gasteiger partial charge in [-0.1, -0.05) is 0 Å². The summed E-state index contributed by atoms with van der Waals surface area (Å²) in [6.45, 7) is 3.32. The lowest BCUT2D eigenvalue weighted by atomic mass is 9.89. The second-order valence-corrected chi connectivity index (χ2v) is 5.17. The highest BCUT2D eigenvalue weighted by Crippen LogP contribution is 2.32. The fourth-order valence-corrected chi connectivity index (χ4v) is 2.61. The van der Waals surface area contributed by atoms with E-state index in [9.17, 15) is 14.7 Å². The molecule has 1 N–H and O–H groups in total. The van der Waals surface area contributed by atoms with Crippen LogP contribution < -0.4 is 0 Å². The van der Waals surface area contributed by atoms with Gasteiger partial charge in [0.05, 0.1) is 24.0 Å². The van der Waals surface area contributed by atoms with Gasteiger partial charge in [0.2, 0.25) is 5.78 Å². The van der Waals surface area contributed by atoms with Gasteiger partial charge >= 0.3 is 5.97 Å². The summed E-state index contributed by atoms with van der Waals surface area (Å²) in [5.41, 5.74) is 1.98. The molecule has 5 heteroatoms. The molecule has 2 aromatic heterocycles. The lowest BCUT2D eigenvalue weighted by molar-refractivity contribution is -0.138. The zero-order valence-corrected chi connectivity index (χ0v) is 12.1. The molecule has 0 spiro atoms. The normalized spacial score (nSPS) is 12.5. The number of carboxylic acids is 1. The van der Waals surface area contributed by atoms with E-state index in [2.05, 4.69) is 0 Å². The van der Waals surface area contributed by atoms with Crippen LogP contribution in [0, 0.1) is 6.92 Å². The SMILES string of the molecule is Cc1c(C(C)C(=O)O)cc2ccoc2c1C(=O)c1ccco1. The largest absolute Gasteiger partial charge is 0.481 e. The summed E-state index contributed by atoms with van der Waals surface area (Å²) in [5, 5.41) is 9.97. The van der Waals surface area contributed by atoms with E-state index in [0.717, 1.165) is 0 Å². The number of rotatable bonds is 4. The second kappa shape index (κ2) is 5.18. The molecule has 2 heterocycles. The highest BCUT2D eigenvalue weighted by atomic mass is 16.4. The molecular weight excluding hydrogens is 284 g/mol. The summed E-state index contributed by atoms with van der Waals surface area (Å²) in [6, 6.07) is 6.67. The molecule has 1 atom stereocenters. The number of hydrogen-bond donors (Lipinski definition) is 1. The van der Waals surface area contributed by atoms with E-state index >= 15 is 0 Å². The third kappa shape index (κ3) is 2.11. The van der Waals surface area contributed by atoms with Crippen LogP contribution in [-0.2, 0) is 4.79 Å². The van der Waals surface area contributed by atoms with Crippen LogP contribution in [-0.4, -0.2) is 16.9 Å². The molecule has 3 aromatic rings. The first-order chi connectivity index (χ1) is 10.5. The minimum Gasteiger partial charge on any atom is -0.481 e. The molecule has 0 saturated heterocycles. The quantitative estimate of drug-likeness (QED) is 0.742. The number of ketones is 1. The second-order valence-electron chi connectivity index (χ2n) is 5.17. The smallest absolute Gasteiger partial charge is 0.310 e. The Hall–Kier alpha value is -2.82. The van der Waals surface area contributed by atoms with Crippen molar-refractivity contribution in [3.8, 4) is 0 Å². The van der Waals surface area contributed by atoms with Crippen molar-refractivity contribution in [1.29, 1.82) is 0 Å². The van der Waals surface area contributed by atoms with Gasteiger partial charge in [0.1, 0.15) is 5.58 Å². The first kappa shape index (κ1) is 14.1. The maximum Gasteiger partial charge on any atom is 0.310 e.